The van der Waals surface area contributed by atoms with Crippen LogP contribution >= 0.6 is 0 Å². The molecule has 2 heterocycles. The van der Waals surface area contributed by atoms with Gasteiger partial charge >= 0.3 is 0 Å². The molecule has 0 radical (unpaired) electrons. The smallest absolute Gasteiger partial charge is 0.0574 e. The number of anilines is 1. The standard InChI is InChI=1S/C17H29N3O/c1-4-16(18-5-2)17-9-8-15(11-19-17)20-10-6-7-14(12-20)13-21-3/h8-9,11,14,16,18H,4-7,10,12-13H2,1-3H3. The molecule has 0 saturated carbocycles. The van der Waals surface area contributed by atoms with Crippen molar-refractivity contribution in [1.29, 1.82) is 0 Å². The van der Waals surface area contributed by atoms with Gasteiger partial charge in [0.2, 0.25) is 0 Å². The summed E-state index contributed by atoms with van der Waals surface area (Å²) in [6, 6.07) is 4.76. The number of aromatic nitrogens is 1. The summed E-state index contributed by atoms with van der Waals surface area (Å²) in [4.78, 5) is 7.12. The first-order valence-corrected chi connectivity index (χ1v) is 8.21. The number of hydrogen-bond acceptors (Lipinski definition) is 4. The predicted molar refractivity (Wildman–Crippen MR) is 87.8 cm³/mol. The predicted octanol–water partition coefficient (Wildman–Crippen LogP) is 3.01. The number of hydrogen-bond donors (Lipinski definition) is 1. The fourth-order valence-corrected chi connectivity index (χ4v) is 3.17. The quantitative estimate of drug-likeness (QED) is 0.838. The molecule has 21 heavy (non-hydrogen) atoms. The van der Waals surface area contributed by atoms with E-state index < -0.39 is 0 Å². The zero-order chi connectivity index (χ0) is 15.1. The first-order valence-electron chi connectivity index (χ1n) is 8.21. The second-order valence-electron chi connectivity index (χ2n) is 5.87. The average Bonchev–Trinajstić information content (AvgIpc) is 2.53. The normalized spacial score (nSPS) is 20.5. The van der Waals surface area contributed by atoms with Gasteiger partial charge in [-0.1, -0.05) is 13.8 Å². The van der Waals surface area contributed by atoms with Crippen LogP contribution in [0, 0.1) is 5.92 Å². The molecule has 1 aliphatic rings. The number of rotatable bonds is 7. The maximum atomic E-state index is 5.31. The SMILES string of the molecule is CCNC(CC)c1ccc(N2CCCC(COC)C2)cn1. The molecule has 2 atom stereocenters. The van der Waals surface area contributed by atoms with E-state index in [4.69, 9.17) is 4.74 Å². The van der Waals surface area contributed by atoms with Crippen molar-refractivity contribution in [3.05, 3.63) is 24.0 Å². The Morgan fingerprint density at radius 3 is 2.90 bits per heavy atom. The van der Waals surface area contributed by atoms with Gasteiger partial charge in [0.05, 0.1) is 24.2 Å². The van der Waals surface area contributed by atoms with Crippen LogP contribution in [0.1, 0.15) is 44.8 Å². The topological polar surface area (TPSA) is 37.4 Å². The highest BCUT2D eigenvalue weighted by atomic mass is 16.5. The van der Waals surface area contributed by atoms with E-state index in [9.17, 15) is 0 Å². The van der Waals surface area contributed by atoms with E-state index in [2.05, 4.69) is 41.2 Å². The van der Waals surface area contributed by atoms with Gasteiger partial charge in [0.1, 0.15) is 0 Å². The maximum Gasteiger partial charge on any atom is 0.0574 e. The largest absolute Gasteiger partial charge is 0.384 e. The van der Waals surface area contributed by atoms with Crippen molar-refractivity contribution < 1.29 is 4.74 Å². The highest BCUT2D eigenvalue weighted by Gasteiger charge is 2.20. The van der Waals surface area contributed by atoms with E-state index in [0.717, 1.165) is 38.4 Å². The Labute approximate surface area is 128 Å². The van der Waals surface area contributed by atoms with Crippen molar-refractivity contribution in [2.75, 3.05) is 38.3 Å². The van der Waals surface area contributed by atoms with Crippen molar-refractivity contribution in [3.8, 4) is 0 Å². The molecule has 0 amide bonds. The molecule has 1 saturated heterocycles. The average molecular weight is 291 g/mol. The summed E-state index contributed by atoms with van der Waals surface area (Å²) in [5.41, 5.74) is 2.39. The highest BCUT2D eigenvalue weighted by Crippen LogP contribution is 2.24. The van der Waals surface area contributed by atoms with E-state index >= 15 is 0 Å². The molecule has 1 N–H and O–H groups in total. The second kappa shape index (κ2) is 8.35. The molecular formula is C17H29N3O. The summed E-state index contributed by atoms with van der Waals surface area (Å²) >= 11 is 0. The fourth-order valence-electron chi connectivity index (χ4n) is 3.17. The molecule has 2 unspecified atom stereocenters. The lowest BCUT2D eigenvalue weighted by Crippen LogP contribution is -2.37. The lowest BCUT2D eigenvalue weighted by atomic mass is 9.98. The molecule has 4 heteroatoms. The molecule has 0 aliphatic carbocycles. The lowest BCUT2D eigenvalue weighted by Gasteiger charge is -2.34. The zero-order valence-corrected chi connectivity index (χ0v) is 13.6. The number of ether oxygens (including phenoxy) is 1. The summed E-state index contributed by atoms with van der Waals surface area (Å²) in [6.07, 6.45) is 5.61. The Bertz CT molecular complexity index is 405. The van der Waals surface area contributed by atoms with Crippen LogP contribution < -0.4 is 10.2 Å². The third-order valence-corrected chi connectivity index (χ3v) is 4.27. The van der Waals surface area contributed by atoms with Gasteiger partial charge in [-0.15, -0.1) is 0 Å². The summed E-state index contributed by atoms with van der Waals surface area (Å²) in [5.74, 6) is 0.647. The molecular weight excluding hydrogens is 262 g/mol. The van der Waals surface area contributed by atoms with Crippen LogP contribution in [0.25, 0.3) is 0 Å². The van der Waals surface area contributed by atoms with Crippen LogP contribution in [0.5, 0.6) is 0 Å². The van der Waals surface area contributed by atoms with Crippen LogP contribution in [0.15, 0.2) is 18.3 Å². The second-order valence-corrected chi connectivity index (χ2v) is 5.87. The molecule has 2 rings (SSSR count). The van der Waals surface area contributed by atoms with Crippen molar-refractivity contribution in [3.63, 3.8) is 0 Å². The molecule has 1 aromatic heterocycles. The van der Waals surface area contributed by atoms with E-state index in [-0.39, 0.29) is 0 Å². The molecule has 0 spiro atoms. The Kier molecular flexibility index (Phi) is 6.46. The first kappa shape index (κ1) is 16.2. The molecule has 1 aromatic rings. The van der Waals surface area contributed by atoms with E-state index in [0.29, 0.717) is 12.0 Å². The zero-order valence-electron chi connectivity index (χ0n) is 13.6. The van der Waals surface area contributed by atoms with Gasteiger partial charge in [0.25, 0.3) is 0 Å². The van der Waals surface area contributed by atoms with Crippen molar-refractivity contribution in [1.82, 2.24) is 10.3 Å². The summed E-state index contributed by atoms with van der Waals surface area (Å²) in [6.45, 7) is 8.39. The number of nitrogens with zero attached hydrogens (tertiary/aromatic N) is 2. The van der Waals surface area contributed by atoms with E-state index in [1.165, 1.54) is 18.5 Å². The molecule has 0 bridgehead atoms. The van der Waals surface area contributed by atoms with Gasteiger partial charge in [0.15, 0.2) is 0 Å². The minimum atomic E-state index is 0.367. The highest BCUT2D eigenvalue weighted by molar-refractivity contribution is 5.45. The van der Waals surface area contributed by atoms with Crippen molar-refractivity contribution in [2.24, 2.45) is 5.92 Å². The summed E-state index contributed by atoms with van der Waals surface area (Å²) in [7, 11) is 1.79. The minimum Gasteiger partial charge on any atom is -0.384 e. The number of pyridine rings is 1. The Balaban J connectivity index is 2.01. The monoisotopic (exact) mass is 291 g/mol. The third-order valence-electron chi connectivity index (χ3n) is 4.27. The molecule has 1 fully saturated rings. The Morgan fingerprint density at radius 2 is 2.29 bits per heavy atom. The van der Waals surface area contributed by atoms with Gasteiger partial charge in [-0.25, -0.2) is 0 Å². The number of nitrogens with one attached hydrogen (secondary N) is 1. The van der Waals surface area contributed by atoms with Crippen LogP contribution in [0.4, 0.5) is 5.69 Å². The molecule has 1 aliphatic heterocycles. The van der Waals surface area contributed by atoms with Crippen LogP contribution in [0.2, 0.25) is 0 Å². The Morgan fingerprint density at radius 1 is 1.43 bits per heavy atom. The molecule has 4 nitrogen and oxygen atoms in total. The van der Waals surface area contributed by atoms with Crippen molar-refractivity contribution >= 4 is 5.69 Å². The van der Waals surface area contributed by atoms with Crippen LogP contribution in [0.3, 0.4) is 0 Å². The van der Waals surface area contributed by atoms with Gasteiger partial charge in [-0.05, 0) is 43.9 Å². The van der Waals surface area contributed by atoms with Gasteiger partial charge in [0, 0.05) is 26.2 Å². The summed E-state index contributed by atoms with van der Waals surface area (Å²) < 4.78 is 5.31. The Hall–Kier alpha value is -1.13. The maximum absolute atomic E-state index is 5.31. The number of methoxy groups -OCH3 is 1. The van der Waals surface area contributed by atoms with Gasteiger partial charge < -0.3 is 15.0 Å². The lowest BCUT2D eigenvalue weighted by molar-refractivity contribution is 0.143. The van der Waals surface area contributed by atoms with Crippen LogP contribution in [-0.4, -0.2) is 38.3 Å². The first-order chi connectivity index (χ1) is 10.3. The van der Waals surface area contributed by atoms with Crippen molar-refractivity contribution in [2.45, 2.75) is 39.2 Å². The van der Waals surface area contributed by atoms with Gasteiger partial charge in [-0.3, -0.25) is 4.98 Å². The third kappa shape index (κ3) is 4.42. The van der Waals surface area contributed by atoms with E-state index in [1.54, 1.807) is 7.11 Å². The number of piperidine rings is 1. The minimum absolute atomic E-state index is 0.367. The van der Waals surface area contributed by atoms with E-state index in [1.807, 2.05) is 6.20 Å². The summed E-state index contributed by atoms with van der Waals surface area (Å²) in [5, 5.41) is 3.48. The van der Waals surface area contributed by atoms with Crippen LogP contribution in [-0.2, 0) is 4.74 Å². The fraction of sp³-hybridized carbons (Fsp3) is 0.706. The molecule has 0 aromatic carbocycles. The van der Waals surface area contributed by atoms with Gasteiger partial charge in [-0.2, -0.15) is 0 Å². The molecule has 118 valence electrons.